The fraction of sp³-hybridized carbons (Fsp3) is 0.536. The zero-order valence-corrected chi connectivity index (χ0v) is 23.8. The van der Waals surface area contributed by atoms with E-state index in [1.807, 2.05) is 0 Å². The van der Waals surface area contributed by atoms with Crippen molar-refractivity contribution in [3.05, 3.63) is 69.8 Å². The quantitative estimate of drug-likeness (QED) is 0.0954. The maximum atomic E-state index is 13.9. The van der Waals surface area contributed by atoms with Crippen LogP contribution in [0.3, 0.4) is 0 Å². The molecule has 0 aromatic heterocycles. The van der Waals surface area contributed by atoms with Gasteiger partial charge in [0.2, 0.25) is 5.96 Å². The lowest BCUT2D eigenvalue weighted by Crippen LogP contribution is -2.47. The molecule has 0 saturated heterocycles. The summed E-state index contributed by atoms with van der Waals surface area (Å²) < 4.78 is 129. The maximum absolute atomic E-state index is 13.9. The summed E-state index contributed by atoms with van der Waals surface area (Å²) in [6.07, 6.45) is -10.6. The molecule has 2 aromatic rings. The summed E-state index contributed by atoms with van der Waals surface area (Å²) in [5.74, 6) is 5.22. The minimum Gasteiger partial charge on any atom is -0.374 e. The highest BCUT2D eigenvalue weighted by atomic mass is 19.4. The van der Waals surface area contributed by atoms with E-state index in [1.54, 1.807) is 6.92 Å². The molecule has 15 heteroatoms. The van der Waals surface area contributed by atoms with E-state index in [9.17, 15) is 39.5 Å². The number of guanidine groups is 1. The molecular formula is C28H34F9N5O. The predicted molar refractivity (Wildman–Crippen MR) is 142 cm³/mol. The van der Waals surface area contributed by atoms with Gasteiger partial charge in [-0.3, -0.25) is 5.43 Å². The fourth-order valence-electron chi connectivity index (χ4n) is 5.58. The van der Waals surface area contributed by atoms with Crippen molar-refractivity contribution in [2.45, 2.75) is 76.2 Å². The average Bonchev–Trinajstić information content (AvgIpc) is 2.94. The molecule has 0 heterocycles. The number of hydrogen-bond donors (Lipinski definition) is 3. The first-order chi connectivity index (χ1) is 19.9. The Morgan fingerprint density at radius 1 is 0.860 bits per heavy atom. The molecule has 240 valence electrons. The van der Waals surface area contributed by atoms with Gasteiger partial charge >= 0.3 is 18.5 Å². The molecule has 43 heavy (non-hydrogen) atoms. The van der Waals surface area contributed by atoms with Crippen molar-refractivity contribution in [3.8, 4) is 0 Å². The molecule has 1 saturated carbocycles. The highest BCUT2D eigenvalue weighted by Gasteiger charge is 2.41. The Morgan fingerprint density at radius 3 is 1.88 bits per heavy atom. The van der Waals surface area contributed by atoms with Crippen LogP contribution in [-0.4, -0.2) is 25.0 Å². The molecule has 6 nitrogen and oxygen atoms in total. The van der Waals surface area contributed by atoms with Crippen LogP contribution in [0.4, 0.5) is 39.5 Å². The Hall–Kier alpha value is -3.20. The average molecular weight is 628 g/mol. The maximum Gasteiger partial charge on any atom is 0.416 e. The van der Waals surface area contributed by atoms with Crippen LogP contribution in [-0.2, 0) is 42.0 Å². The molecule has 0 spiro atoms. The Bertz CT molecular complexity index is 1240. The van der Waals surface area contributed by atoms with Gasteiger partial charge in [0.1, 0.15) is 0 Å². The van der Waals surface area contributed by atoms with E-state index in [-0.39, 0.29) is 23.5 Å². The van der Waals surface area contributed by atoms with E-state index in [2.05, 4.69) is 16.0 Å². The highest BCUT2D eigenvalue weighted by molar-refractivity contribution is 5.79. The lowest BCUT2D eigenvalue weighted by atomic mass is 9.73. The molecule has 4 N–H and O–H groups in total. The Morgan fingerprint density at radius 2 is 1.42 bits per heavy atom. The molecular weight excluding hydrogens is 593 g/mol. The van der Waals surface area contributed by atoms with Crippen molar-refractivity contribution in [2.75, 3.05) is 14.2 Å². The number of nitrogens with two attached hydrogens (primary N) is 1. The molecule has 1 atom stereocenters. The van der Waals surface area contributed by atoms with Crippen LogP contribution in [0.1, 0.15) is 72.4 Å². The Labute approximate surface area is 243 Å². The van der Waals surface area contributed by atoms with Gasteiger partial charge in [-0.15, -0.1) is 5.10 Å². The van der Waals surface area contributed by atoms with Crippen LogP contribution in [0, 0.1) is 5.92 Å². The third-order valence-electron chi connectivity index (χ3n) is 7.82. The van der Waals surface area contributed by atoms with Gasteiger partial charge in [-0.25, -0.2) is 5.43 Å². The van der Waals surface area contributed by atoms with Crippen LogP contribution in [0.2, 0.25) is 0 Å². The zero-order valence-electron chi connectivity index (χ0n) is 23.8. The van der Waals surface area contributed by atoms with Crippen molar-refractivity contribution < 1.29 is 44.3 Å². The second-order valence-corrected chi connectivity index (χ2v) is 10.6. The van der Waals surface area contributed by atoms with Crippen molar-refractivity contribution in [2.24, 2.45) is 16.9 Å². The lowest BCUT2D eigenvalue weighted by molar-refractivity contribution is -0.143. The Balaban J connectivity index is 2.19. The molecule has 2 aromatic carbocycles. The number of nitrogens with one attached hydrogen (secondary N) is 2. The highest BCUT2D eigenvalue weighted by Crippen LogP contribution is 2.44. The summed E-state index contributed by atoms with van der Waals surface area (Å²) in [7, 11) is 2.85. The van der Waals surface area contributed by atoms with Gasteiger partial charge in [0, 0.05) is 27.2 Å². The number of rotatable bonds is 8. The first-order valence-electron chi connectivity index (χ1n) is 13.4. The van der Waals surface area contributed by atoms with E-state index in [4.69, 9.17) is 10.6 Å². The van der Waals surface area contributed by atoms with Crippen molar-refractivity contribution in [1.29, 1.82) is 0 Å². The molecule has 3 rings (SSSR count). The third-order valence-corrected chi connectivity index (χ3v) is 7.82. The third kappa shape index (κ3) is 8.25. The zero-order chi connectivity index (χ0) is 32.2. The molecule has 0 bridgehead atoms. The number of methoxy groups -OCH3 is 1. The van der Waals surface area contributed by atoms with Crippen LogP contribution in [0.5, 0.6) is 0 Å². The lowest BCUT2D eigenvalue weighted by Gasteiger charge is -2.41. The Kier molecular flexibility index (Phi) is 10.5. The van der Waals surface area contributed by atoms with Gasteiger partial charge in [0.25, 0.3) is 0 Å². The number of alkyl halides is 9. The van der Waals surface area contributed by atoms with Gasteiger partial charge in [0.05, 0.1) is 22.3 Å². The summed E-state index contributed by atoms with van der Waals surface area (Å²) in [5, 5.41) is 3.56. The van der Waals surface area contributed by atoms with Gasteiger partial charge in [-0.2, -0.15) is 39.5 Å². The van der Waals surface area contributed by atoms with E-state index in [0.29, 0.717) is 17.7 Å². The standard InChI is InChI=1S/C28H34F9N5O/c1-25(43-3,19-7-5-4-6-8-19)23-10-9-20(26(29,30)31)13-18(23)16-42(24(40-38)41-39-2)15-17-11-21(27(32,33)34)14-22(12-17)28(35,36)37/h9-14,19,39H,4-8,15-16,38H2,1-3H3,(H,40,41). The van der Waals surface area contributed by atoms with E-state index in [1.165, 1.54) is 20.2 Å². The van der Waals surface area contributed by atoms with Gasteiger partial charge in [-0.1, -0.05) is 25.3 Å². The first kappa shape index (κ1) is 34.3. The fourth-order valence-corrected chi connectivity index (χ4v) is 5.58. The second kappa shape index (κ2) is 13.2. The number of nitrogens with zero attached hydrogens (tertiary/aromatic N) is 2. The van der Waals surface area contributed by atoms with Crippen molar-refractivity contribution >= 4 is 5.96 Å². The topological polar surface area (TPSA) is 74.9 Å². The monoisotopic (exact) mass is 627 g/mol. The molecule has 0 aliphatic heterocycles. The summed E-state index contributed by atoms with van der Waals surface area (Å²) in [6.45, 7) is 0.722. The molecule has 1 unspecified atom stereocenters. The number of ether oxygens (including phenoxy) is 1. The number of benzene rings is 2. The first-order valence-corrected chi connectivity index (χ1v) is 13.4. The van der Waals surface area contributed by atoms with Gasteiger partial charge < -0.3 is 15.5 Å². The minimum absolute atomic E-state index is 0.00325. The van der Waals surface area contributed by atoms with Crippen LogP contribution >= 0.6 is 0 Å². The van der Waals surface area contributed by atoms with Crippen LogP contribution < -0.4 is 16.7 Å². The summed E-state index contributed by atoms with van der Waals surface area (Å²) >= 11 is 0. The number of hydrazone groups is 1. The SMILES string of the molecule is CNN/C(=N\N)N(Cc1cc(C(F)(F)F)cc(C(F)(F)F)c1)Cc1cc(C(F)(F)F)ccc1C(C)(OC)C1CCCCC1. The summed E-state index contributed by atoms with van der Waals surface area (Å²) in [4.78, 5) is 1.15. The molecule has 1 fully saturated rings. The van der Waals surface area contributed by atoms with Gasteiger partial charge in [-0.05, 0) is 72.7 Å². The molecule has 1 aliphatic carbocycles. The second-order valence-electron chi connectivity index (χ2n) is 10.6. The molecule has 0 amide bonds. The minimum atomic E-state index is -5.09. The summed E-state index contributed by atoms with van der Waals surface area (Å²) in [6, 6.07) is 4.23. The molecule has 0 radical (unpaired) electrons. The van der Waals surface area contributed by atoms with Crippen molar-refractivity contribution in [1.82, 2.24) is 15.8 Å². The molecule has 1 aliphatic rings. The number of hydrogen-bond acceptors (Lipinski definition) is 4. The largest absolute Gasteiger partial charge is 0.416 e. The number of hydrazine groups is 1. The van der Waals surface area contributed by atoms with E-state index in [0.717, 1.165) is 49.1 Å². The van der Waals surface area contributed by atoms with Crippen molar-refractivity contribution in [3.63, 3.8) is 0 Å². The summed E-state index contributed by atoms with van der Waals surface area (Å²) in [5.41, 5.74) is 0.0445. The smallest absolute Gasteiger partial charge is 0.374 e. The van der Waals surface area contributed by atoms with E-state index < -0.39 is 59.5 Å². The van der Waals surface area contributed by atoms with Crippen LogP contribution in [0.25, 0.3) is 0 Å². The van der Waals surface area contributed by atoms with Crippen LogP contribution in [0.15, 0.2) is 41.5 Å². The number of halogens is 9. The normalized spacial score (nSPS) is 17.1. The van der Waals surface area contributed by atoms with E-state index >= 15 is 0 Å². The van der Waals surface area contributed by atoms with Gasteiger partial charge in [0.15, 0.2) is 0 Å². The predicted octanol–water partition coefficient (Wildman–Crippen LogP) is 7.14.